The van der Waals surface area contributed by atoms with Gasteiger partial charge in [0.2, 0.25) is 0 Å². The molecule has 0 aromatic heterocycles. The van der Waals surface area contributed by atoms with Gasteiger partial charge in [0, 0.05) is 18.7 Å². The van der Waals surface area contributed by atoms with Crippen molar-refractivity contribution in [3.8, 4) is 0 Å². The van der Waals surface area contributed by atoms with E-state index in [4.69, 9.17) is 9.47 Å². The third-order valence-electron chi connectivity index (χ3n) is 3.05. The Morgan fingerprint density at radius 2 is 2.39 bits per heavy atom. The fourth-order valence-electron chi connectivity index (χ4n) is 1.97. The largest absolute Gasteiger partial charge is 0.379 e. The van der Waals surface area contributed by atoms with Gasteiger partial charge in [-0.05, 0) is 30.7 Å². The fourth-order valence-corrected chi connectivity index (χ4v) is 1.97. The molecule has 1 aliphatic heterocycles. The molecule has 1 aliphatic rings. The van der Waals surface area contributed by atoms with E-state index in [0.717, 1.165) is 31.7 Å². The Hall–Kier alpha value is -0.970. The van der Waals surface area contributed by atoms with Crippen molar-refractivity contribution < 1.29 is 13.9 Å². The average molecular weight is 253 g/mol. The van der Waals surface area contributed by atoms with Crippen molar-refractivity contribution in [3.05, 3.63) is 35.1 Å². The standard InChI is InChI=1S/C14H20FNO2/c1-2-16-8-11-3-4-14(15)12(7-11)9-18-13-5-6-17-10-13/h3-4,7,13,16H,2,5-6,8-10H2,1H3. The molecule has 100 valence electrons. The number of ether oxygens (including phenoxy) is 2. The summed E-state index contributed by atoms with van der Waals surface area (Å²) in [6, 6.07) is 5.19. The Labute approximate surface area is 107 Å². The Kier molecular flexibility index (Phi) is 5.11. The predicted molar refractivity (Wildman–Crippen MR) is 67.8 cm³/mol. The Bertz CT molecular complexity index is 378. The van der Waals surface area contributed by atoms with Crippen molar-refractivity contribution in [2.24, 2.45) is 0 Å². The lowest BCUT2D eigenvalue weighted by atomic mass is 10.1. The zero-order chi connectivity index (χ0) is 12.8. The molecule has 1 atom stereocenters. The molecule has 1 N–H and O–H groups in total. The molecule has 0 radical (unpaired) electrons. The summed E-state index contributed by atoms with van der Waals surface area (Å²) in [5.74, 6) is -0.200. The molecule has 1 saturated heterocycles. The highest BCUT2D eigenvalue weighted by molar-refractivity contribution is 5.24. The minimum Gasteiger partial charge on any atom is -0.379 e. The molecule has 0 aliphatic carbocycles. The van der Waals surface area contributed by atoms with E-state index in [1.54, 1.807) is 6.07 Å². The molecule has 0 bridgehead atoms. The zero-order valence-corrected chi connectivity index (χ0v) is 10.7. The van der Waals surface area contributed by atoms with Crippen LogP contribution in [0.2, 0.25) is 0 Å². The first-order chi connectivity index (χ1) is 8.79. The van der Waals surface area contributed by atoms with Gasteiger partial charge in [-0.3, -0.25) is 0 Å². The molecule has 3 nitrogen and oxygen atoms in total. The first-order valence-corrected chi connectivity index (χ1v) is 6.47. The third-order valence-corrected chi connectivity index (χ3v) is 3.05. The van der Waals surface area contributed by atoms with Gasteiger partial charge in [0.05, 0.1) is 19.3 Å². The monoisotopic (exact) mass is 253 g/mol. The second-order valence-corrected chi connectivity index (χ2v) is 4.50. The van der Waals surface area contributed by atoms with Crippen LogP contribution in [0.1, 0.15) is 24.5 Å². The van der Waals surface area contributed by atoms with Crippen LogP contribution >= 0.6 is 0 Å². The van der Waals surface area contributed by atoms with Crippen molar-refractivity contribution >= 4 is 0 Å². The zero-order valence-electron chi connectivity index (χ0n) is 10.7. The van der Waals surface area contributed by atoms with E-state index < -0.39 is 0 Å². The van der Waals surface area contributed by atoms with Gasteiger partial charge in [-0.15, -0.1) is 0 Å². The van der Waals surface area contributed by atoms with E-state index in [-0.39, 0.29) is 11.9 Å². The highest BCUT2D eigenvalue weighted by atomic mass is 19.1. The van der Waals surface area contributed by atoms with Gasteiger partial charge in [-0.1, -0.05) is 13.0 Å². The second-order valence-electron chi connectivity index (χ2n) is 4.50. The summed E-state index contributed by atoms with van der Waals surface area (Å²) in [5, 5.41) is 3.23. The molecule has 18 heavy (non-hydrogen) atoms. The number of nitrogens with one attached hydrogen (secondary N) is 1. The summed E-state index contributed by atoms with van der Waals surface area (Å²) < 4.78 is 24.5. The van der Waals surface area contributed by atoms with E-state index in [1.807, 2.05) is 13.0 Å². The van der Waals surface area contributed by atoms with Crippen molar-refractivity contribution in [3.63, 3.8) is 0 Å². The summed E-state index contributed by atoms with van der Waals surface area (Å²) >= 11 is 0. The van der Waals surface area contributed by atoms with Crippen LogP contribution in [0.3, 0.4) is 0 Å². The lowest BCUT2D eigenvalue weighted by molar-refractivity contribution is 0.0304. The molecule has 2 rings (SSSR count). The maximum absolute atomic E-state index is 13.6. The molecule has 0 spiro atoms. The van der Waals surface area contributed by atoms with E-state index >= 15 is 0 Å². The molecule has 1 aromatic carbocycles. The highest BCUT2D eigenvalue weighted by Crippen LogP contribution is 2.15. The lowest BCUT2D eigenvalue weighted by Gasteiger charge is -2.11. The maximum Gasteiger partial charge on any atom is 0.128 e. The van der Waals surface area contributed by atoms with Gasteiger partial charge in [0.25, 0.3) is 0 Å². The van der Waals surface area contributed by atoms with Gasteiger partial charge in [-0.2, -0.15) is 0 Å². The van der Waals surface area contributed by atoms with E-state index in [9.17, 15) is 4.39 Å². The van der Waals surface area contributed by atoms with Crippen molar-refractivity contribution in [2.75, 3.05) is 19.8 Å². The Balaban J connectivity index is 1.92. The third kappa shape index (κ3) is 3.77. The normalized spacial score (nSPS) is 19.3. The van der Waals surface area contributed by atoms with Crippen LogP contribution in [0.4, 0.5) is 4.39 Å². The highest BCUT2D eigenvalue weighted by Gasteiger charge is 2.16. The molecular formula is C14H20FNO2. The minimum absolute atomic E-state index is 0.113. The SMILES string of the molecule is CCNCc1ccc(F)c(COC2CCOC2)c1. The molecule has 0 amide bonds. The quantitative estimate of drug-likeness (QED) is 0.843. The van der Waals surface area contributed by atoms with Crippen LogP contribution < -0.4 is 5.32 Å². The Morgan fingerprint density at radius 1 is 1.50 bits per heavy atom. The summed E-state index contributed by atoms with van der Waals surface area (Å²) in [5.41, 5.74) is 1.71. The molecule has 1 aromatic rings. The number of hydrogen-bond acceptors (Lipinski definition) is 3. The van der Waals surface area contributed by atoms with Gasteiger partial charge < -0.3 is 14.8 Å². The fraction of sp³-hybridized carbons (Fsp3) is 0.571. The van der Waals surface area contributed by atoms with Gasteiger partial charge in [0.15, 0.2) is 0 Å². The number of halogens is 1. The van der Waals surface area contributed by atoms with Crippen molar-refractivity contribution in [1.29, 1.82) is 0 Å². The van der Waals surface area contributed by atoms with E-state index in [1.165, 1.54) is 6.07 Å². The summed E-state index contributed by atoms with van der Waals surface area (Å²) in [6.45, 7) is 5.40. The molecule has 1 heterocycles. The topological polar surface area (TPSA) is 30.5 Å². The van der Waals surface area contributed by atoms with E-state index in [2.05, 4.69) is 5.32 Å². The molecule has 0 saturated carbocycles. The molecule has 1 unspecified atom stereocenters. The maximum atomic E-state index is 13.6. The van der Waals surface area contributed by atoms with E-state index in [0.29, 0.717) is 18.8 Å². The first-order valence-electron chi connectivity index (χ1n) is 6.47. The van der Waals surface area contributed by atoms with Crippen LogP contribution in [0.15, 0.2) is 18.2 Å². The van der Waals surface area contributed by atoms with Crippen LogP contribution in [0.5, 0.6) is 0 Å². The van der Waals surface area contributed by atoms with Crippen LogP contribution in [0, 0.1) is 5.82 Å². The van der Waals surface area contributed by atoms with Crippen LogP contribution in [0.25, 0.3) is 0 Å². The molecule has 1 fully saturated rings. The Morgan fingerprint density at radius 3 is 3.11 bits per heavy atom. The van der Waals surface area contributed by atoms with Crippen molar-refractivity contribution in [1.82, 2.24) is 5.32 Å². The predicted octanol–water partition coefficient (Wildman–Crippen LogP) is 2.24. The van der Waals surface area contributed by atoms with Crippen LogP contribution in [-0.4, -0.2) is 25.9 Å². The smallest absolute Gasteiger partial charge is 0.128 e. The number of hydrogen-bond donors (Lipinski definition) is 1. The second kappa shape index (κ2) is 6.83. The first kappa shape index (κ1) is 13.5. The van der Waals surface area contributed by atoms with Gasteiger partial charge in [0.1, 0.15) is 5.82 Å². The molecular weight excluding hydrogens is 233 g/mol. The van der Waals surface area contributed by atoms with Crippen LogP contribution in [-0.2, 0) is 22.6 Å². The lowest BCUT2D eigenvalue weighted by Crippen LogP contribution is -2.14. The summed E-state index contributed by atoms with van der Waals surface area (Å²) in [4.78, 5) is 0. The van der Waals surface area contributed by atoms with Crippen molar-refractivity contribution in [2.45, 2.75) is 32.6 Å². The van der Waals surface area contributed by atoms with Gasteiger partial charge in [-0.25, -0.2) is 4.39 Å². The minimum atomic E-state index is -0.200. The van der Waals surface area contributed by atoms with Gasteiger partial charge >= 0.3 is 0 Å². The average Bonchev–Trinajstić information content (AvgIpc) is 2.89. The number of rotatable bonds is 6. The summed E-state index contributed by atoms with van der Waals surface area (Å²) in [7, 11) is 0. The number of benzene rings is 1. The molecule has 4 heteroatoms. The summed E-state index contributed by atoms with van der Waals surface area (Å²) in [6.07, 6.45) is 1.01.